The molecule has 0 fully saturated rings. The Balaban J connectivity index is 1.36. The summed E-state index contributed by atoms with van der Waals surface area (Å²) in [5.41, 5.74) is 6.24. The molecule has 36 heavy (non-hydrogen) atoms. The lowest BCUT2D eigenvalue weighted by Crippen LogP contribution is -2.55. The number of rotatable bonds is 5. The summed E-state index contributed by atoms with van der Waals surface area (Å²) in [5.74, 6) is 0. The third-order valence-corrected chi connectivity index (χ3v) is 6.15. The summed E-state index contributed by atoms with van der Waals surface area (Å²) < 4.78 is 12.5. The van der Waals surface area contributed by atoms with Crippen LogP contribution in [0.25, 0.3) is 5.52 Å². The summed E-state index contributed by atoms with van der Waals surface area (Å²) in [5, 5.41) is 16.9. The van der Waals surface area contributed by atoms with Gasteiger partial charge < -0.3 is 14.6 Å². The van der Waals surface area contributed by atoms with Gasteiger partial charge in [0.15, 0.2) is 0 Å². The Morgan fingerprint density at radius 2 is 1.58 bits per heavy atom. The third kappa shape index (κ3) is 5.01. The number of amides is 2. The Bertz CT molecular complexity index is 1340. The molecule has 2 aromatic heterocycles. The van der Waals surface area contributed by atoms with Gasteiger partial charge in [0.05, 0.1) is 17.3 Å². The predicted molar refractivity (Wildman–Crippen MR) is 130 cm³/mol. The minimum Gasteiger partial charge on any atom is -0.443 e. The van der Waals surface area contributed by atoms with E-state index >= 15 is 0 Å². The van der Waals surface area contributed by atoms with Gasteiger partial charge in [0.25, 0.3) is 0 Å². The molecular weight excluding hydrogens is 460 g/mol. The average Bonchev–Trinajstić information content (AvgIpc) is 3.30. The van der Waals surface area contributed by atoms with Gasteiger partial charge in [-0.3, -0.25) is 0 Å². The van der Waals surface area contributed by atoms with Gasteiger partial charge in [0.1, 0.15) is 19.3 Å². The molecule has 2 amide bonds. The fourth-order valence-corrected chi connectivity index (χ4v) is 4.39. The highest BCUT2D eigenvalue weighted by atomic mass is 16.6. The largest absolute Gasteiger partial charge is 0.443 e. The summed E-state index contributed by atoms with van der Waals surface area (Å²) >= 11 is 0. The summed E-state index contributed by atoms with van der Waals surface area (Å²) in [6.45, 7) is 0.0483. The van der Waals surface area contributed by atoms with E-state index in [0.717, 1.165) is 27.3 Å². The number of benzene rings is 2. The lowest BCUT2D eigenvalue weighted by Gasteiger charge is -2.36. The van der Waals surface area contributed by atoms with Crippen LogP contribution in [0.4, 0.5) is 9.59 Å². The SMILES string of the molecule is O=C(NN(C(=O)OCc1ccccc1)[C@H]1CCc2nn3ccccc3c2[C@H]1O)OCc1ccccc1. The molecule has 0 radical (unpaired) electrons. The van der Waals surface area contributed by atoms with E-state index in [-0.39, 0.29) is 13.2 Å². The summed E-state index contributed by atoms with van der Waals surface area (Å²) in [7, 11) is 0. The first-order valence-electron chi connectivity index (χ1n) is 11.7. The third-order valence-electron chi connectivity index (χ3n) is 6.15. The number of nitrogens with one attached hydrogen (secondary N) is 1. The van der Waals surface area contributed by atoms with Crippen LogP contribution in [0.15, 0.2) is 85.1 Å². The topological polar surface area (TPSA) is 105 Å². The van der Waals surface area contributed by atoms with E-state index in [0.29, 0.717) is 18.4 Å². The van der Waals surface area contributed by atoms with Crippen LogP contribution in [0.3, 0.4) is 0 Å². The molecule has 2 aromatic carbocycles. The highest BCUT2D eigenvalue weighted by Crippen LogP contribution is 2.35. The highest BCUT2D eigenvalue weighted by molar-refractivity contribution is 5.74. The predicted octanol–water partition coefficient (Wildman–Crippen LogP) is 4.16. The van der Waals surface area contributed by atoms with Crippen molar-refractivity contribution in [3.63, 3.8) is 0 Å². The first-order valence-corrected chi connectivity index (χ1v) is 11.7. The molecular formula is C27H26N4O5. The molecule has 4 aromatic rings. The molecule has 0 bridgehead atoms. The molecule has 1 aliphatic carbocycles. The number of aryl methyl sites for hydroxylation is 1. The maximum Gasteiger partial charge on any atom is 0.429 e. The summed E-state index contributed by atoms with van der Waals surface area (Å²) in [4.78, 5) is 25.9. The maximum absolute atomic E-state index is 13.2. The van der Waals surface area contributed by atoms with Crippen molar-refractivity contribution in [3.05, 3.63) is 107 Å². The number of carbonyl (C=O) groups excluding carboxylic acids is 2. The number of fused-ring (bicyclic) bond motifs is 3. The fourth-order valence-electron chi connectivity index (χ4n) is 4.39. The van der Waals surface area contributed by atoms with Crippen LogP contribution in [0.5, 0.6) is 0 Å². The summed E-state index contributed by atoms with van der Waals surface area (Å²) in [6.07, 6.45) is -0.0138. The number of ether oxygens (including phenoxy) is 2. The number of nitrogens with zero attached hydrogens (tertiary/aromatic N) is 3. The van der Waals surface area contributed by atoms with E-state index in [2.05, 4.69) is 10.5 Å². The van der Waals surface area contributed by atoms with Gasteiger partial charge in [0, 0.05) is 11.8 Å². The zero-order valence-corrected chi connectivity index (χ0v) is 19.5. The second-order valence-electron chi connectivity index (χ2n) is 8.53. The van der Waals surface area contributed by atoms with Gasteiger partial charge in [-0.1, -0.05) is 66.7 Å². The Morgan fingerprint density at radius 3 is 2.28 bits per heavy atom. The Hall–Kier alpha value is -4.37. The zero-order valence-electron chi connectivity index (χ0n) is 19.5. The number of aromatic nitrogens is 2. The van der Waals surface area contributed by atoms with Crippen LogP contribution < -0.4 is 5.43 Å². The van der Waals surface area contributed by atoms with E-state index in [1.807, 2.05) is 78.9 Å². The number of hydrogen-bond donors (Lipinski definition) is 2. The lowest BCUT2D eigenvalue weighted by molar-refractivity contribution is -0.00293. The molecule has 2 N–H and O–H groups in total. The van der Waals surface area contributed by atoms with Crippen molar-refractivity contribution in [2.45, 2.75) is 38.2 Å². The van der Waals surface area contributed by atoms with Crippen LogP contribution >= 0.6 is 0 Å². The van der Waals surface area contributed by atoms with Crippen LogP contribution in [0.1, 0.15) is 34.9 Å². The molecule has 0 saturated carbocycles. The van der Waals surface area contributed by atoms with Crippen molar-refractivity contribution >= 4 is 17.7 Å². The molecule has 184 valence electrons. The first-order chi connectivity index (χ1) is 17.6. The first kappa shape index (κ1) is 23.4. The second-order valence-corrected chi connectivity index (χ2v) is 8.53. The standard InChI is InChI=1S/C27H26N4O5/c32-25-23(15-14-21-24(25)22-13-7-8-16-30(22)28-21)31(27(34)36-18-20-11-5-2-6-12-20)29-26(33)35-17-19-9-3-1-4-10-19/h1-13,16,23,25,32H,14-15,17-18H2,(H,29,33)/t23-,25-/m0/s1. The van der Waals surface area contributed by atoms with Gasteiger partial charge in [-0.15, -0.1) is 0 Å². The number of aliphatic hydroxyl groups excluding tert-OH is 1. The second kappa shape index (κ2) is 10.5. The van der Waals surface area contributed by atoms with Crippen molar-refractivity contribution in [2.24, 2.45) is 0 Å². The van der Waals surface area contributed by atoms with Crippen molar-refractivity contribution in [1.29, 1.82) is 0 Å². The van der Waals surface area contributed by atoms with Gasteiger partial charge in [-0.25, -0.2) is 24.5 Å². The number of hydrazine groups is 1. The molecule has 0 unspecified atom stereocenters. The van der Waals surface area contributed by atoms with E-state index in [9.17, 15) is 14.7 Å². The van der Waals surface area contributed by atoms with Crippen LogP contribution in [-0.2, 0) is 29.1 Å². The zero-order chi connectivity index (χ0) is 24.9. The molecule has 0 saturated heterocycles. The minimum atomic E-state index is -1.09. The van der Waals surface area contributed by atoms with Crippen molar-refractivity contribution in [3.8, 4) is 0 Å². The lowest BCUT2D eigenvalue weighted by atomic mass is 9.89. The van der Waals surface area contributed by atoms with Crippen LogP contribution in [-0.4, -0.2) is 38.0 Å². The monoisotopic (exact) mass is 486 g/mol. The highest BCUT2D eigenvalue weighted by Gasteiger charge is 2.39. The molecule has 9 nitrogen and oxygen atoms in total. The van der Waals surface area contributed by atoms with Crippen molar-refractivity contribution in [1.82, 2.24) is 20.0 Å². The van der Waals surface area contributed by atoms with Gasteiger partial charge in [0.2, 0.25) is 0 Å². The fraction of sp³-hybridized carbons (Fsp3) is 0.222. The maximum atomic E-state index is 13.2. The normalized spacial score (nSPS) is 16.7. The minimum absolute atomic E-state index is 0.0156. The smallest absolute Gasteiger partial charge is 0.429 e. The van der Waals surface area contributed by atoms with Crippen molar-refractivity contribution in [2.75, 3.05) is 0 Å². The Morgan fingerprint density at radius 1 is 0.944 bits per heavy atom. The van der Waals surface area contributed by atoms with Gasteiger partial charge in [-0.2, -0.15) is 5.10 Å². The number of aliphatic hydroxyl groups is 1. The van der Waals surface area contributed by atoms with Crippen molar-refractivity contribution < 1.29 is 24.2 Å². The van der Waals surface area contributed by atoms with Gasteiger partial charge >= 0.3 is 12.2 Å². The Kier molecular flexibility index (Phi) is 6.81. The molecule has 2 atom stereocenters. The summed E-state index contributed by atoms with van der Waals surface area (Å²) in [6, 6.07) is 23.2. The van der Waals surface area contributed by atoms with Gasteiger partial charge in [-0.05, 0) is 36.1 Å². The molecule has 0 spiro atoms. The van der Waals surface area contributed by atoms with E-state index in [1.54, 1.807) is 10.7 Å². The van der Waals surface area contributed by atoms with E-state index in [1.165, 1.54) is 0 Å². The molecule has 2 heterocycles. The van der Waals surface area contributed by atoms with Crippen LogP contribution in [0, 0.1) is 0 Å². The van der Waals surface area contributed by atoms with E-state index in [4.69, 9.17) is 9.47 Å². The quantitative estimate of drug-likeness (QED) is 0.411. The average molecular weight is 487 g/mol. The number of pyridine rings is 1. The number of hydrogen-bond acceptors (Lipinski definition) is 6. The Labute approximate surface area is 207 Å². The molecule has 1 aliphatic rings. The molecule has 5 rings (SSSR count). The van der Waals surface area contributed by atoms with Crippen LogP contribution in [0.2, 0.25) is 0 Å². The van der Waals surface area contributed by atoms with E-state index < -0.39 is 24.3 Å². The molecule has 9 heteroatoms. The molecule has 0 aliphatic heterocycles. The number of carbonyl (C=O) groups is 2.